The molecule has 0 saturated heterocycles. The molecule has 1 aromatic heterocycles. The van der Waals surface area contributed by atoms with Gasteiger partial charge in [-0.25, -0.2) is 4.79 Å². The molecule has 162 valence electrons. The maximum atomic E-state index is 12.7. The van der Waals surface area contributed by atoms with Crippen molar-refractivity contribution in [3.8, 4) is 5.75 Å². The molecule has 0 fully saturated rings. The van der Waals surface area contributed by atoms with Crippen molar-refractivity contribution in [1.82, 2.24) is 9.88 Å². The van der Waals surface area contributed by atoms with Gasteiger partial charge in [0.1, 0.15) is 18.4 Å². The van der Waals surface area contributed by atoms with E-state index < -0.39 is 17.9 Å². The number of carboxylic acid groups (broad SMARTS) is 1. The summed E-state index contributed by atoms with van der Waals surface area (Å²) in [5.74, 6) is -0.720. The van der Waals surface area contributed by atoms with Gasteiger partial charge in [0.15, 0.2) is 0 Å². The molecule has 1 heterocycles. The fraction of sp³-hybridized carbons (Fsp3) is 0.154. The van der Waals surface area contributed by atoms with Crippen LogP contribution in [0.4, 0.5) is 0 Å². The number of carboxylic acids is 1. The Morgan fingerprint density at radius 1 is 0.906 bits per heavy atom. The normalized spacial score (nSPS) is 11.8. The molecule has 0 aliphatic heterocycles. The molecule has 6 heteroatoms. The topological polar surface area (TPSA) is 80.6 Å². The first-order chi connectivity index (χ1) is 15.6. The molecule has 1 amide bonds. The van der Waals surface area contributed by atoms with Crippen molar-refractivity contribution in [3.63, 3.8) is 0 Å². The highest BCUT2D eigenvalue weighted by molar-refractivity contribution is 6.00. The van der Waals surface area contributed by atoms with Crippen molar-refractivity contribution < 1.29 is 19.4 Å². The highest BCUT2D eigenvalue weighted by Gasteiger charge is 2.21. The van der Waals surface area contributed by atoms with E-state index in [0.29, 0.717) is 12.2 Å². The molecule has 0 saturated carbocycles. The zero-order valence-electron chi connectivity index (χ0n) is 17.5. The molecule has 32 heavy (non-hydrogen) atoms. The number of carbonyl (C=O) groups excluding carboxylic acids is 1. The van der Waals surface area contributed by atoms with E-state index >= 15 is 0 Å². The van der Waals surface area contributed by atoms with Gasteiger partial charge in [0.2, 0.25) is 0 Å². The minimum absolute atomic E-state index is 0.221. The van der Waals surface area contributed by atoms with E-state index in [1.165, 1.54) is 0 Å². The van der Waals surface area contributed by atoms with Gasteiger partial charge in [-0.2, -0.15) is 0 Å². The summed E-state index contributed by atoms with van der Waals surface area (Å²) in [6.45, 7) is 1.32. The third kappa shape index (κ3) is 5.35. The number of aromatic nitrogens is 1. The summed E-state index contributed by atoms with van der Waals surface area (Å²) in [6.07, 6.45) is 4.20. The Bertz CT molecular complexity index is 1200. The van der Waals surface area contributed by atoms with Crippen LogP contribution in [0.3, 0.4) is 0 Å². The van der Waals surface area contributed by atoms with Crippen LogP contribution in [-0.4, -0.2) is 34.2 Å². The predicted molar refractivity (Wildman–Crippen MR) is 123 cm³/mol. The summed E-state index contributed by atoms with van der Waals surface area (Å²) in [6, 6.07) is 23.2. The molecule has 3 aromatic carbocycles. The van der Waals surface area contributed by atoms with Gasteiger partial charge in [-0.15, -0.1) is 0 Å². The molecule has 4 aromatic rings. The van der Waals surface area contributed by atoms with Crippen molar-refractivity contribution in [2.24, 2.45) is 0 Å². The number of hydrogen-bond acceptors (Lipinski definition) is 3. The molecule has 0 radical (unpaired) electrons. The molecule has 6 nitrogen and oxygen atoms in total. The number of aliphatic carboxylic acids is 1. The average Bonchev–Trinajstić information content (AvgIpc) is 3.32. The number of amides is 1. The van der Waals surface area contributed by atoms with Crippen molar-refractivity contribution in [1.29, 1.82) is 0 Å². The van der Waals surface area contributed by atoms with E-state index in [1.54, 1.807) is 12.1 Å². The minimum atomic E-state index is -1.07. The maximum Gasteiger partial charge on any atom is 0.326 e. The Morgan fingerprint density at radius 3 is 2.38 bits per heavy atom. The molecule has 4 rings (SSSR count). The molecular weight excluding hydrogens is 404 g/mol. The molecule has 0 aliphatic carbocycles. The van der Waals surface area contributed by atoms with Crippen LogP contribution < -0.4 is 10.1 Å². The van der Waals surface area contributed by atoms with E-state index in [2.05, 4.69) is 5.32 Å². The van der Waals surface area contributed by atoms with Gasteiger partial charge in [0.05, 0.1) is 6.54 Å². The number of nitrogens with one attached hydrogen (secondary N) is 1. The highest BCUT2D eigenvalue weighted by atomic mass is 16.5. The van der Waals surface area contributed by atoms with Crippen LogP contribution in [0.25, 0.3) is 10.8 Å². The predicted octanol–water partition coefficient (Wildman–Crippen LogP) is 4.15. The molecule has 0 bridgehead atoms. The molecule has 0 spiro atoms. The van der Waals surface area contributed by atoms with Gasteiger partial charge >= 0.3 is 5.97 Å². The van der Waals surface area contributed by atoms with Crippen molar-refractivity contribution in [3.05, 3.63) is 102 Å². The summed E-state index contributed by atoms with van der Waals surface area (Å²) < 4.78 is 7.89. The van der Waals surface area contributed by atoms with Gasteiger partial charge < -0.3 is 19.7 Å². The Balaban J connectivity index is 1.41. The number of hydrogen-bond donors (Lipinski definition) is 2. The number of fused-ring (bicyclic) bond motifs is 1. The van der Waals surface area contributed by atoms with Gasteiger partial charge in [0, 0.05) is 24.4 Å². The van der Waals surface area contributed by atoms with Gasteiger partial charge in [-0.05, 0) is 52.7 Å². The van der Waals surface area contributed by atoms with Crippen LogP contribution in [0.15, 0.2) is 91.3 Å². The second-order valence-corrected chi connectivity index (χ2v) is 7.55. The van der Waals surface area contributed by atoms with Crippen molar-refractivity contribution in [2.45, 2.75) is 19.0 Å². The molecular formula is C26H24N2O4. The molecule has 1 unspecified atom stereocenters. The second kappa shape index (κ2) is 9.83. The maximum absolute atomic E-state index is 12.7. The third-order valence-corrected chi connectivity index (χ3v) is 5.24. The third-order valence-electron chi connectivity index (χ3n) is 5.24. The van der Waals surface area contributed by atoms with Crippen LogP contribution in [-0.2, 0) is 17.8 Å². The zero-order valence-corrected chi connectivity index (χ0v) is 17.5. The van der Waals surface area contributed by atoms with E-state index in [-0.39, 0.29) is 6.42 Å². The highest BCUT2D eigenvalue weighted by Crippen LogP contribution is 2.22. The Kier molecular flexibility index (Phi) is 6.51. The molecule has 1 atom stereocenters. The van der Waals surface area contributed by atoms with Crippen LogP contribution in [0.1, 0.15) is 15.9 Å². The smallest absolute Gasteiger partial charge is 0.326 e. The van der Waals surface area contributed by atoms with Crippen LogP contribution in [0.2, 0.25) is 0 Å². The molecule has 0 aliphatic rings. The standard InChI is InChI=1S/C26H24N2O4/c29-25(27-24(26(30)31)16-19-6-2-1-3-7-19)22-9-8-21-18-23(11-10-20(21)17-22)32-15-14-28-12-4-5-13-28/h1-13,17-18,24H,14-16H2,(H,27,29)(H,30,31). The summed E-state index contributed by atoms with van der Waals surface area (Å²) >= 11 is 0. The second-order valence-electron chi connectivity index (χ2n) is 7.55. The number of nitrogens with zero attached hydrogens (tertiary/aromatic N) is 1. The summed E-state index contributed by atoms with van der Waals surface area (Å²) in [7, 11) is 0. The monoisotopic (exact) mass is 428 g/mol. The lowest BCUT2D eigenvalue weighted by Gasteiger charge is -2.15. The molecule has 2 N–H and O–H groups in total. The SMILES string of the molecule is O=C(NC(Cc1ccccc1)C(=O)O)c1ccc2cc(OCCn3cccc3)ccc2c1. The zero-order chi connectivity index (χ0) is 22.3. The summed E-state index contributed by atoms with van der Waals surface area (Å²) in [4.78, 5) is 24.4. The first-order valence-electron chi connectivity index (χ1n) is 10.4. The number of ether oxygens (including phenoxy) is 1. The van der Waals surface area contributed by atoms with E-state index in [0.717, 1.165) is 28.6 Å². The van der Waals surface area contributed by atoms with Crippen LogP contribution >= 0.6 is 0 Å². The van der Waals surface area contributed by atoms with E-state index in [1.807, 2.05) is 83.7 Å². The van der Waals surface area contributed by atoms with Gasteiger partial charge in [-0.1, -0.05) is 42.5 Å². The minimum Gasteiger partial charge on any atom is -0.492 e. The van der Waals surface area contributed by atoms with Crippen LogP contribution in [0.5, 0.6) is 5.75 Å². The van der Waals surface area contributed by atoms with E-state index in [4.69, 9.17) is 4.74 Å². The lowest BCUT2D eigenvalue weighted by atomic mass is 10.0. The van der Waals surface area contributed by atoms with Crippen molar-refractivity contribution >= 4 is 22.6 Å². The lowest BCUT2D eigenvalue weighted by Crippen LogP contribution is -2.42. The summed E-state index contributed by atoms with van der Waals surface area (Å²) in [5, 5.41) is 14.0. The number of rotatable bonds is 9. The first-order valence-corrected chi connectivity index (χ1v) is 10.4. The van der Waals surface area contributed by atoms with E-state index in [9.17, 15) is 14.7 Å². The number of carbonyl (C=O) groups is 2. The Morgan fingerprint density at radius 2 is 1.62 bits per heavy atom. The lowest BCUT2D eigenvalue weighted by molar-refractivity contribution is -0.139. The Labute approximate surface area is 186 Å². The fourth-order valence-electron chi connectivity index (χ4n) is 3.53. The quantitative estimate of drug-likeness (QED) is 0.420. The Hall–Kier alpha value is -4.06. The first kappa shape index (κ1) is 21.2. The number of benzene rings is 3. The van der Waals surface area contributed by atoms with Crippen molar-refractivity contribution in [2.75, 3.05) is 6.61 Å². The van der Waals surface area contributed by atoms with Gasteiger partial charge in [-0.3, -0.25) is 4.79 Å². The largest absolute Gasteiger partial charge is 0.492 e. The van der Waals surface area contributed by atoms with Gasteiger partial charge in [0.25, 0.3) is 5.91 Å². The van der Waals surface area contributed by atoms with Crippen LogP contribution in [0, 0.1) is 0 Å². The average molecular weight is 428 g/mol. The fourth-order valence-corrected chi connectivity index (χ4v) is 3.53. The summed E-state index contributed by atoms with van der Waals surface area (Å²) in [5.41, 5.74) is 1.26.